The Balaban J connectivity index is 1.75. The van der Waals surface area contributed by atoms with Crippen molar-refractivity contribution in [1.29, 1.82) is 0 Å². The molecule has 152 valence electrons. The molecule has 4 rings (SSSR count). The fourth-order valence-electron chi connectivity index (χ4n) is 3.66. The highest BCUT2D eigenvalue weighted by Crippen LogP contribution is 2.25. The van der Waals surface area contributed by atoms with Crippen LogP contribution in [-0.2, 0) is 6.42 Å². The first kappa shape index (κ1) is 19.9. The zero-order chi connectivity index (χ0) is 20.9. The highest BCUT2D eigenvalue weighted by molar-refractivity contribution is 5.78. The number of fused-ring (bicyclic) bond motifs is 1. The summed E-state index contributed by atoms with van der Waals surface area (Å²) >= 11 is 0. The van der Waals surface area contributed by atoms with E-state index in [2.05, 4.69) is 17.4 Å². The van der Waals surface area contributed by atoms with Crippen LogP contribution in [0.1, 0.15) is 24.4 Å². The van der Waals surface area contributed by atoms with Crippen molar-refractivity contribution in [2.45, 2.75) is 19.4 Å². The van der Waals surface area contributed by atoms with Crippen LogP contribution in [0.25, 0.3) is 16.6 Å². The van der Waals surface area contributed by atoms with Crippen molar-refractivity contribution in [2.24, 2.45) is 0 Å². The fourth-order valence-corrected chi connectivity index (χ4v) is 3.66. The minimum absolute atomic E-state index is 0.100. The van der Waals surface area contributed by atoms with E-state index in [4.69, 9.17) is 9.72 Å². The Morgan fingerprint density at radius 2 is 1.67 bits per heavy atom. The Hall–Kier alpha value is -3.44. The molecule has 4 aromatic rings. The zero-order valence-electron chi connectivity index (χ0n) is 17.2. The molecule has 0 saturated heterocycles. The second-order valence-corrected chi connectivity index (χ2v) is 7.21. The third-order valence-electron chi connectivity index (χ3n) is 5.22. The van der Waals surface area contributed by atoms with Crippen LogP contribution in [-0.4, -0.2) is 23.2 Å². The van der Waals surface area contributed by atoms with Gasteiger partial charge in [-0.2, -0.15) is 0 Å². The van der Waals surface area contributed by atoms with Crippen LogP contribution in [0.3, 0.4) is 0 Å². The van der Waals surface area contributed by atoms with E-state index in [-0.39, 0.29) is 11.6 Å². The molecule has 0 aliphatic carbocycles. The first-order valence-electron chi connectivity index (χ1n) is 10.1. The predicted molar refractivity (Wildman–Crippen MR) is 120 cm³/mol. The molecule has 0 unspecified atom stereocenters. The van der Waals surface area contributed by atoms with E-state index in [0.29, 0.717) is 28.2 Å². The van der Waals surface area contributed by atoms with Gasteiger partial charge in [-0.1, -0.05) is 54.6 Å². The lowest BCUT2D eigenvalue weighted by atomic mass is 10.1. The van der Waals surface area contributed by atoms with Crippen LogP contribution in [0.5, 0.6) is 5.75 Å². The lowest BCUT2D eigenvalue weighted by Crippen LogP contribution is -2.31. The largest absolute Gasteiger partial charge is 0.495 e. The number of benzene rings is 3. The first-order valence-corrected chi connectivity index (χ1v) is 10.1. The van der Waals surface area contributed by atoms with Crippen LogP contribution in [0.15, 0.2) is 83.7 Å². The average molecular weight is 399 g/mol. The summed E-state index contributed by atoms with van der Waals surface area (Å²) in [6.07, 6.45) is 0.900. The quantitative estimate of drug-likeness (QED) is 0.504. The Labute approximate surface area is 176 Å². The van der Waals surface area contributed by atoms with Crippen molar-refractivity contribution in [1.82, 2.24) is 14.9 Å². The molecule has 5 heteroatoms. The summed E-state index contributed by atoms with van der Waals surface area (Å²) in [7, 11) is 1.61. The maximum atomic E-state index is 13.5. The van der Waals surface area contributed by atoms with Gasteiger partial charge in [-0.25, -0.2) is 4.98 Å². The number of para-hydroxylation sites is 3. The van der Waals surface area contributed by atoms with Gasteiger partial charge in [-0.15, -0.1) is 0 Å². The number of hydrogen-bond donors (Lipinski definition) is 1. The van der Waals surface area contributed by atoms with Gasteiger partial charge in [-0.05, 0) is 49.7 Å². The molecule has 3 aromatic carbocycles. The Kier molecular flexibility index (Phi) is 5.91. The Morgan fingerprint density at radius 3 is 2.47 bits per heavy atom. The standard InChI is InChI=1S/C25H25N3O2/c1-18(26-17-16-19-10-4-3-5-11-19)24-27-21-13-7-6-12-20(21)25(29)28(24)22-14-8-9-15-23(22)30-2/h3-15,18,26H,16-17H2,1-2H3/t18-/m0/s1. The monoisotopic (exact) mass is 399 g/mol. The molecule has 0 spiro atoms. The van der Waals surface area contributed by atoms with Crippen molar-refractivity contribution in [3.8, 4) is 11.4 Å². The number of nitrogens with one attached hydrogen (secondary N) is 1. The predicted octanol–water partition coefficient (Wildman–Crippen LogP) is 4.29. The van der Waals surface area contributed by atoms with Crippen LogP contribution in [0.4, 0.5) is 0 Å². The van der Waals surface area contributed by atoms with Gasteiger partial charge in [0.05, 0.1) is 29.7 Å². The van der Waals surface area contributed by atoms with Crippen molar-refractivity contribution >= 4 is 10.9 Å². The molecule has 0 radical (unpaired) electrons. The molecule has 0 fully saturated rings. The van der Waals surface area contributed by atoms with Crippen LogP contribution in [0.2, 0.25) is 0 Å². The maximum Gasteiger partial charge on any atom is 0.266 e. The van der Waals surface area contributed by atoms with Crippen molar-refractivity contribution in [3.63, 3.8) is 0 Å². The minimum Gasteiger partial charge on any atom is -0.495 e. The number of rotatable bonds is 7. The van der Waals surface area contributed by atoms with Crippen LogP contribution in [0, 0.1) is 0 Å². The summed E-state index contributed by atoms with van der Waals surface area (Å²) in [5, 5.41) is 4.11. The van der Waals surface area contributed by atoms with Crippen molar-refractivity contribution in [3.05, 3.63) is 101 Å². The lowest BCUT2D eigenvalue weighted by molar-refractivity contribution is 0.411. The summed E-state index contributed by atoms with van der Waals surface area (Å²) in [6, 6.07) is 25.2. The second kappa shape index (κ2) is 8.93. The lowest BCUT2D eigenvalue weighted by Gasteiger charge is -2.21. The molecular weight excluding hydrogens is 374 g/mol. The number of nitrogens with zero attached hydrogens (tertiary/aromatic N) is 2. The molecule has 1 N–H and O–H groups in total. The normalized spacial score (nSPS) is 12.1. The van der Waals surface area contributed by atoms with E-state index in [1.807, 2.05) is 73.7 Å². The third-order valence-corrected chi connectivity index (χ3v) is 5.22. The zero-order valence-corrected chi connectivity index (χ0v) is 17.2. The van der Waals surface area contributed by atoms with E-state index >= 15 is 0 Å². The molecule has 5 nitrogen and oxygen atoms in total. The van der Waals surface area contributed by atoms with Crippen LogP contribution >= 0.6 is 0 Å². The van der Waals surface area contributed by atoms with Gasteiger partial charge >= 0.3 is 0 Å². The highest BCUT2D eigenvalue weighted by Gasteiger charge is 2.19. The molecule has 0 bridgehead atoms. The topological polar surface area (TPSA) is 56.1 Å². The summed E-state index contributed by atoms with van der Waals surface area (Å²) < 4.78 is 7.20. The third kappa shape index (κ3) is 3.98. The number of hydrogen-bond acceptors (Lipinski definition) is 4. The maximum absolute atomic E-state index is 13.5. The molecule has 0 aliphatic rings. The van der Waals surface area contributed by atoms with Crippen molar-refractivity contribution < 1.29 is 4.74 Å². The van der Waals surface area contributed by atoms with Gasteiger partial charge in [0, 0.05) is 0 Å². The summed E-state index contributed by atoms with van der Waals surface area (Å²) in [4.78, 5) is 18.3. The summed E-state index contributed by atoms with van der Waals surface area (Å²) in [5.74, 6) is 1.30. The Morgan fingerprint density at radius 1 is 0.967 bits per heavy atom. The van der Waals surface area contributed by atoms with Crippen molar-refractivity contribution in [2.75, 3.05) is 13.7 Å². The van der Waals surface area contributed by atoms with E-state index in [9.17, 15) is 4.79 Å². The van der Waals surface area contributed by atoms with E-state index in [1.54, 1.807) is 11.7 Å². The number of aromatic nitrogens is 2. The van der Waals surface area contributed by atoms with Gasteiger partial charge in [0.2, 0.25) is 0 Å². The SMILES string of the molecule is COc1ccccc1-n1c([C@H](C)NCCc2ccccc2)nc2ccccc2c1=O. The molecule has 0 amide bonds. The first-order chi connectivity index (χ1) is 14.7. The van der Waals surface area contributed by atoms with Crippen LogP contribution < -0.4 is 15.6 Å². The molecule has 1 heterocycles. The fraction of sp³-hybridized carbons (Fsp3) is 0.200. The molecule has 0 saturated carbocycles. The number of ether oxygens (including phenoxy) is 1. The molecule has 1 atom stereocenters. The van der Waals surface area contributed by atoms with E-state index < -0.39 is 0 Å². The van der Waals surface area contributed by atoms with Gasteiger partial charge < -0.3 is 10.1 Å². The molecular formula is C25H25N3O2. The molecule has 1 aromatic heterocycles. The summed E-state index contributed by atoms with van der Waals surface area (Å²) in [5.41, 5.74) is 2.55. The smallest absolute Gasteiger partial charge is 0.266 e. The minimum atomic E-state index is -0.129. The van der Waals surface area contributed by atoms with Gasteiger partial charge in [-0.3, -0.25) is 9.36 Å². The molecule has 0 aliphatic heterocycles. The van der Waals surface area contributed by atoms with Gasteiger partial charge in [0.1, 0.15) is 11.6 Å². The number of methoxy groups -OCH3 is 1. The van der Waals surface area contributed by atoms with E-state index in [1.165, 1.54) is 5.56 Å². The Bertz CT molecular complexity index is 1200. The highest BCUT2D eigenvalue weighted by atomic mass is 16.5. The van der Waals surface area contributed by atoms with Gasteiger partial charge in [0.25, 0.3) is 5.56 Å². The average Bonchev–Trinajstić information content (AvgIpc) is 2.79. The van der Waals surface area contributed by atoms with E-state index in [0.717, 1.165) is 13.0 Å². The second-order valence-electron chi connectivity index (χ2n) is 7.21. The molecule has 30 heavy (non-hydrogen) atoms. The van der Waals surface area contributed by atoms with Gasteiger partial charge in [0.15, 0.2) is 0 Å². The summed E-state index contributed by atoms with van der Waals surface area (Å²) in [6.45, 7) is 2.81.